The van der Waals surface area contributed by atoms with E-state index in [1.165, 1.54) is 5.69 Å². The van der Waals surface area contributed by atoms with Crippen LogP contribution in [0.3, 0.4) is 0 Å². The highest BCUT2D eigenvalue weighted by molar-refractivity contribution is 5.95. The number of hydrogen-bond donors (Lipinski definition) is 1. The Kier molecular flexibility index (Phi) is 4.73. The topological polar surface area (TPSA) is 61.6 Å². The van der Waals surface area contributed by atoms with Gasteiger partial charge < -0.3 is 19.5 Å². The zero-order valence-corrected chi connectivity index (χ0v) is 18.1. The van der Waals surface area contributed by atoms with Gasteiger partial charge in [-0.1, -0.05) is 19.4 Å². The van der Waals surface area contributed by atoms with Gasteiger partial charge in [-0.05, 0) is 61.7 Å². The third-order valence-electron chi connectivity index (χ3n) is 6.75. The van der Waals surface area contributed by atoms with E-state index in [9.17, 15) is 9.90 Å². The molecule has 6 heteroatoms. The van der Waals surface area contributed by atoms with Gasteiger partial charge in [0.2, 0.25) is 0 Å². The summed E-state index contributed by atoms with van der Waals surface area (Å²) in [5, 5.41) is 10.1. The molecule has 0 saturated carbocycles. The van der Waals surface area contributed by atoms with Crippen molar-refractivity contribution in [3.8, 4) is 11.6 Å². The maximum Gasteiger partial charge on any atom is 0.254 e. The summed E-state index contributed by atoms with van der Waals surface area (Å²) in [7, 11) is 0. The average molecular weight is 417 g/mol. The van der Waals surface area contributed by atoms with Gasteiger partial charge in [-0.3, -0.25) is 4.79 Å². The van der Waals surface area contributed by atoms with Crippen molar-refractivity contribution in [1.82, 2.24) is 14.5 Å². The molecular weight excluding hydrogens is 388 g/mol. The van der Waals surface area contributed by atoms with Crippen molar-refractivity contribution in [3.05, 3.63) is 71.7 Å². The van der Waals surface area contributed by atoms with E-state index in [1.54, 1.807) is 18.2 Å². The number of anilines is 1. The highest BCUT2D eigenvalue weighted by atomic mass is 16.3. The minimum atomic E-state index is -0.281. The average Bonchev–Trinajstić information content (AvgIpc) is 3.44. The monoisotopic (exact) mass is 416 g/mol. The first-order valence-corrected chi connectivity index (χ1v) is 11.0. The molecule has 5 rings (SSSR count). The first kappa shape index (κ1) is 19.7. The molecule has 6 nitrogen and oxygen atoms in total. The van der Waals surface area contributed by atoms with Gasteiger partial charge in [0.1, 0.15) is 11.3 Å². The third-order valence-corrected chi connectivity index (χ3v) is 6.75. The number of amides is 1. The number of carbonyl (C=O) groups is 1. The van der Waals surface area contributed by atoms with Crippen molar-refractivity contribution < 1.29 is 9.90 Å². The van der Waals surface area contributed by atoms with E-state index in [2.05, 4.69) is 45.8 Å². The van der Waals surface area contributed by atoms with Crippen LogP contribution >= 0.6 is 0 Å². The normalized spacial score (nSPS) is 19.5. The first-order chi connectivity index (χ1) is 15.0. The number of unbranched alkanes of at least 4 members (excludes halogenated alkanes) is 1. The molecule has 0 unspecified atom stereocenters. The molecule has 0 radical (unpaired) electrons. The maximum absolute atomic E-state index is 13.3. The molecule has 31 heavy (non-hydrogen) atoms. The largest absolute Gasteiger partial charge is 0.508 e. The predicted octanol–water partition coefficient (Wildman–Crippen LogP) is 4.25. The second-order valence-electron chi connectivity index (χ2n) is 8.62. The van der Waals surface area contributed by atoms with E-state index in [-0.39, 0.29) is 17.2 Å². The summed E-state index contributed by atoms with van der Waals surface area (Å²) >= 11 is 0. The number of phenolic OH excluding ortho intramolecular Hbond substituents is 1. The minimum absolute atomic E-state index is 0.0299. The number of aromatic hydroxyl groups is 1. The molecule has 0 bridgehead atoms. The van der Waals surface area contributed by atoms with Gasteiger partial charge in [-0.15, -0.1) is 0 Å². The van der Waals surface area contributed by atoms with Crippen LogP contribution in [-0.4, -0.2) is 45.1 Å². The number of likely N-dealkylation sites (tertiary alicyclic amines) is 1. The summed E-state index contributed by atoms with van der Waals surface area (Å²) < 4.78 is 2.18. The molecule has 1 saturated heterocycles. The molecule has 160 valence electrons. The second kappa shape index (κ2) is 7.45. The van der Waals surface area contributed by atoms with Crippen LogP contribution in [0.4, 0.5) is 5.69 Å². The minimum Gasteiger partial charge on any atom is -0.508 e. The van der Waals surface area contributed by atoms with E-state index in [1.807, 2.05) is 24.1 Å². The molecule has 4 heterocycles. The second-order valence-corrected chi connectivity index (χ2v) is 8.62. The zero-order chi connectivity index (χ0) is 21.6. The molecule has 1 fully saturated rings. The lowest BCUT2D eigenvalue weighted by Gasteiger charge is -2.47. The van der Waals surface area contributed by atoms with Gasteiger partial charge >= 0.3 is 0 Å². The molecule has 1 spiro atoms. The molecule has 1 aromatic carbocycles. The number of phenols is 1. The standard InChI is InChI=1S/C25H28N4O2/c1-3-4-14-29-20-7-5-12-26-23(20)28-13-6-8-22(28)25(29)11-15-27(17-25)24(31)19-10-9-18(2)21(30)16-19/h5-10,12-13,16,30H,3-4,11,14-15,17H2,1-2H3/t25-/m0/s1. The Labute approximate surface area is 182 Å². The van der Waals surface area contributed by atoms with Gasteiger partial charge in [-0.25, -0.2) is 4.98 Å². The number of fused-ring (bicyclic) bond motifs is 4. The Morgan fingerprint density at radius 3 is 2.90 bits per heavy atom. The summed E-state index contributed by atoms with van der Waals surface area (Å²) in [6.07, 6.45) is 6.96. The van der Waals surface area contributed by atoms with Crippen molar-refractivity contribution in [1.29, 1.82) is 0 Å². The number of nitrogens with zero attached hydrogens (tertiary/aromatic N) is 4. The smallest absolute Gasteiger partial charge is 0.254 e. The summed E-state index contributed by atoms with van der Waals surface area (Å²) in [6, 6.07) is 13.6. The van der Waals surface area contributed by atoms with Crippen molar-refractivity contribution in [2.45, 2.75) is 38.6 Å². The van der Waals surface area contributed by atoms with E-state index in [0.29, 0.717) is 18.7 Å². The lowest BCUT2D eigenvalue weighted by molar-refractivity contribution is 0.0781. The molecule has 1 N–H and O–H groups in total. The highest BCUT2D eigenvalue weighted by Gasteiger charge is 2.50. The van der Waals surface area contributed by atoms with E-state index >= 15 is 0 Å². The Morgan fingerprint density at radius 1 is 1.23 bits per heavy atom. The van der Waals surface area contributed by atoms with Crippen LogP contribution in [0.25, 0.3) is 5.82 Å². The first-order valence-electron chi connectivity index (χ1n) is 11.0. The number of pyridine rings is 1. The predicted molar refractivity (Wildman–Crippen MR) is 121 cm³/mol. The Bertz CT molecular complexity index is 1140. The number of aryl methyl sites for hydroxylation is 1. The van der Waals surface area contributed by atoms with Gasteiger partial charge in [-0.2, -0.15) is 0 Å². The quantitative estimate of drug-likeness (QED) is 0.691. The van der Waals surface area contributed by atoms with E-state index < -0.39 is 0 Å². The summed E-state index contributed by atoms with van der Waals surface area (Å²) in [5.41, 5.74) is 3.35. The number of benzene rings is 1. The van der Waals surface area contributed by atoms with Crippen LogP contribution in [0, 0.1) is 6.92 Å². The molecule has 0 aliphatic carbocycles. The fourth-order valence-corrected chi connectivity index (χ4v) is 5.07. The van der Waals surface area contributed by atoms with E-state index in [0.717, 1.165) is 42.9 Å². The van der Waals surface area contributed by atoms with Crippen LogP contribution in [0.5, 0.6) is 5.75 Å². The fourth-order valence-electron chi connectivity index (χ4n) is 5.07. The SMILES string of the molecule is CCCCN1c2cccnc2-n2cccc2[C@@]12CCN(C(=O)c1ccc(C)c(O)c1)C2. The van der Waals surface area contributed by atoms with Crippen molar-refractivity contribution in [3.63, 3.8) is 0 Å². The summed E-state index contributed by atoms with van der Waals surface area (Å²) in [6.45, 7) is 6.26. The van der Waals surface area contributed by atoms with Crippen LogP contribution in [0.15, 0.2) is 54.9 Å². The third kappa shape index (κ3) is 3.00. The summed E-state index contributed by atoms with van der Waals surface area (Å²) in [4.78, 5) is 22.4. The Hall–Kier alpha value is -3.28. The fraction of sp³-hybridized carbons (Fsp3) is 0.360. The lowest BCUT2D eigenvalue weighted by Crippen LogP contribution is -2.53. The van der Waals surface area contributed by atoms with Crippen LogP contribution in [0.2, 0.25) is 0 Å². The van der Waals surface area contributed by atoms with Gasteiger partial charge in [0.25, 0.3) is 5.91 Å². The van der Waals surface area contributed by atoms with Crippen molar-refractivity contribution >= 4 is 11.6 Å². The summed E-state index contributed by atoms with van der Waals surface area (Å²) in [5.74, 6) is 1.09. The van der Waals surface area contributed by atoms with Crippen LogP contribution in [0.1, 0.15) is 47.8 Å². The maximum atomic E-state index is 13.3. The Balaban J connectivity index is 1.54. The number of hydrogen-bond acceptors (Lipinski definition) is 4. The Morgan fingerprint density at radius 2 is 2.10 bits per heavy atom. The molecule has 1 atom stereocenters. The van der Waals surface area contributed by atoms with Gasteiger partial charge in [0.15, 0.2) is 5.82 Å². The van der Waals surface area contributed by atoms with E-state index in [4.69, 9.17) is 0 Å². The molecule has 2 aliphatic heterocycles. The van der Waals surface area contributed by atoms with Gasteiger partial charge in [0.05, 0.1) is 11.4 Å². The highest BCUT2D eigenvalue weighted by Crippen LogP contribution is 2.47. The number of aromatic nitrogens is 2. The van der Waals surface area contributed by atoms with Gasteiger partial charge in [0, 0.05) is 37.6 Å². The molecule has 2 aliphatic rings. The molecule has 2 aromatic heterocycles. The van der Waals surface area contributed by atoms with Crippen molar-refractivity contribution in [2.24, 2.45) is 0 Å². The van der Waals surface area contributed by atoms with Crippen LogP contribution < -0.4 is 4.90 Å². The molecule has 1 amide bonds. The molecular formula is C25H28N4O2. The number of rotatable bonds is 4. The van der Waals surface area contributed by atoms with Crippen LogP contribution in [-0.2, 0) is 5.54 Å². The lowest BCUT2D eigenvalue weighted by atomic mass is 9.88. The number of carbonyl (C=O) groups excluding carboxylic acids is 1. The zero-order valence-electron chi connectivity index (χ0n) is 18.1. The molecule has 3 aromatic rings. The van der Waals surface area contributed by atoms with Crippen molar-refractivity contribution in [2.75, 3.05) is 24.5 Å².